The van der Waals surface area contributed by atoms with Gasteiger partial charge < -0.3 is 5.11 Å². The molecule has 7 heteroatoms. The van der Waals surface area contributed by atoms with E-state index in [-0.39, 0.29) is 5.69 Å². The zero-order valence-electron chi connectivity index (χ0n) is 10.4. The molecule has 0 bridgehead atoms. The molecule has 0 saturated heterocycles. The molecule has 0 aliphatic carbocycles. The van der Waals surface area contributed by atoms with Crippen molar-refractivity contribution < 1.29 is 23.1 Å². The smallest absolute Gasteiger partial charge is 0.416 e. The van der Waals surface area contributed by atoms with Gasteiger partial charge in [-0.2, -0.15) is 13.2 Å². The van der Waals surface area contributed by atoms with E-state index >= 15 is 0 Å². The number of halogens is 3. The molecule has 1 aromatic heterocycles. The van der Waals surface area contributed by atoms with Crippen molar-refractivity contribution in [2.75, 3.05) is 0 Å². The van der Waals surface area contributed by atoms with Crippen molar-refractivity contribution in [1.29, 1.82) is 0 Å². The number of carboxylic acids is 1. The number of aryl methyl sites for hydroxylation is 1. The summed E-state index contributed by atoms with van der Waals surface area (Å²) in [5.74, 6) is -1.18. The lowest BCUT2D eigenvalue weighted by molar-refractivity contribution is -0.137. The van der Waals surface area contributed by atoms with Crippen LogP contribution in [-0.4, -0.2) is 16.1 Å². The minimum Gasteiger partial charge on any atom is -0.476 e. The maximum absolute atomic E-state index is 12.5. The van der Waals surface area contributed by atoms with Gasteiger partial charge in [0.25, 0.3) is 0 Å². The first-order valence-corrected chi connectivity index (χ1v) is 6.55. The van der Waals surface area contributed by atoms with E-state index in [1.165, 1.54) is 23.5 Å². The Morgan fingerprint density at radius 2 is 1.90 bits per heavy atom. The standard InChI is InChI=1S/C13H10F3NO2S/c1-2-9-17-10(12(18)19)11(20-9)7-3-5-8(6-4-7)13(14,15)16/h3-6H,2H2,1H3,(H,18,19). The predicted octanol–water partition coefficient (Wildman–Crippen LogP) is 4.09. The van der Waals surface area contributed by atoms with Crippen molar-refractivity contribution in [2.24, 2.45) is 0 Å². The highest BCUT2D eigenvalue weighted by Crippen LogP contribution is 2.34. The fraction of sp³-hybridized carbons (Fsp3) is 0.231. The molecule has 2 aromatic rings. The Morgan fingerprint density at radius 3 is 2.35 bits per heavy atom. The van der Waals surface area contributed by atoms with Gasteiger partial charge in [-0.3, -0.25) is 0 Å². The number of alkyl halides is 3. The Kier molecular flexibility index (Phi) is 3.80. The summed E-state index contributed by atoms with van der Waals surface area (Å²) < 4.78 is 37.5. The number of thiazole rings is 1. The van der Waals surface area contributed by atoms with E-state index in [2.05, 4.69) is 4.98 Å². The normalized spacial score (nSPS) is 11.6. The maximum Gasteiger partial charge on any atom is 0.416 e. The molecule has 0 amide bonds. The van der Waals surface area contributed by atoms with E-state index in [0.29, 0.717) is 21.9 Å². The fourth-order valence-corrected chi connectivity index (χ4v) is 2.67. The van der Waals surface area contributed by atoms with Crippen LogP contribution in [0, 0.1) is 0 Å². The summed E-state index contributed by atoms with van der Waals surface area (Å²) >= 11 is 1.18. The molecule has 20 heavy (non-hydrogen) atoms. The molecule has 3 nitrogen and oxygen atoms in total. The summed E-state index contributed by atoms with van der Waals surface area (Å²) in [5.41, 5.74) is -0.461. The minimum absolute atomic E-state index is 0.119. The molecule has 1 N–H and O–H groups in total. The lowest BCUT2D eigenvalue weighted by atomic mass is 10.1. The number of aromatic nitrogens is 1. The number of carboxylic acid groups (broad SMARTS) is 1. The van der Waals surface area contributed by atoms with Crippen molar-refractivity contribution in [1.82, 2.24) is 4.98 Å². The van der Waals surface area contributed by atoms with Gasteiger partial charge in [-0.05, 0) is 24.1 Å². The van der Waals surface area contributed by atoms with E-state index in [1.54, 1.807) is 0 Å². The second kappa shape index (κ2) is 5.24. The van der Waals surface area contributed by atoms with Gasteiger partial charge >= 0.3 is 12.1 Å². The second-order valence-corrected chi connectivity index (χ2v) is 5.10. The molecule has 0 saturated carbocycles. The quantitative estimate of drug-likeness (QED) is 0.929. The summed E-state index contributed by atoms with van der Waals surface area (Å²) in [6, 6.07) is 4.41. The molecule has 0 radical (unpaired) electrons. The Bertz CT molecular complexity index is 632. The number of hydrogen-bond acceptors (Lipinski definition) is 3. The van der Waals surface area contributed by atoms with Crippen molar-refractivity contribution in [3.63, 3.8) is 0 Å². The summed E-state index contributed by atoms with van der Waals surface area (Å²) in [5, 5.41) is 9.72. The zero-order chi connectivity index (χ0) is 14.9. The van der Waals surface area contributed by atoms with Gasteiger partial charge in [-0.25, -0.2) is 9.78 Å². The number of benzene rings is 1. The third kappa shape index (κ3) is 2.82. The summed E-state index contributed by atoms with van der Waals surface area (Å²) in [6.07, 6.45) is -3.83. The summed E-state index contributed by atoms with van der Waals surface area (Å²) in [6.45, 7) is 1.83. The number of carbonyl (C=O) groups is 1. The van der Waals surface area contributed by atoms with Crippen LogP contribution in [0.5, 0.6) is 0 Å². The van der Waals surface area contributed by atoms with Gasteiger partial charge in [0.1, 0.15) is 0 Å². The van der Waals surface area contributed by atoms with Gasteiger partial charge in [-0.1, -0.05) is 19.1 Å². The SMILES string of the molecule is CCc1nc(C(=O)O)c(-c2ccc(C(F)(F)F)cc2)s1. The Morgan fingerprint density at radius 1 is 1.30 bits per heavy atom. The van der Waals surface area contributed by atoms with Crippen molar-refractivity contribution in [2.45, 2.75) is 19.5 Å². The number of aromatic carboxylic acids is 1. The third-order valence-corrected chi connectivity index (χ3v) is 3.90. The number of hydrogen-bond donors (Lipinski definition) is 1. The molecule has 1 heterocycles. The molecule has 0 spiro atoms. The van der Waals surface area contributed by atoms with Crippen molar-refractivity contribution in [3.8, 4) is 10.4 Å². The highest BCUT2D eigenvalue weighted by molar-refractivity contribution is 7.15. The largest absolute Gasteiger partial charge is 0.476 e. The maximum atomic E-state index is 12.5. The van der Waals surface area contributed by atoms with Gasteiger partial charge in [0.05, 0.1) is 15.4 Å². The van der Waals surface area contributed by atoms with Crippen LogP contribution in [0.3, 0.4) is 0 Å². The molecule has 106 valence electrons. The van der Waals surface area contributed by atoms with Gasteiger partial charge in [-0.15, -0.1) is 11.3 Å². The second-order valence-electron chi connectivity index (χ2n) is 4.02. The highest BCUT2D eigenvalue weighted by Gasteiger charge is 2.30. The van der Waals surface area contributed by atoms with Gasteiger partial charge in [0.15, 0.2) is 5.69 Å². The molecule has 2 rings (SSSR count). The molecular weight excluding hydrogens is 291 g/mol. The van der Waals surface area contributed by atoms with Crippen molar-refractivity contribution in [3.05, 3.63) is 40.5 Å². The van der Waals surface area contributed by atoms with Crippen molar-refractivity contribution >= 4 is 17.3 Å². The van der Waals surface area contributed by atoms with E-state index in [4.69, 9.17) is 5.11 Å². The molecule has 0 fully saturated rings. The van der Waals surface area contributed by atoms with Crippen LogP contribution < -0.4 is 0 Å². The first-order chi connectivity index (χ1) is 9.32. The number of rotatable bonds is 3. The molecule has 1 aromatic carbocycles. The molecular formula is C13H10F3NO2S. The Labute approximate surface area is 116 Å². The monoisotopic (exact) mass is 301 g/mol. The topological polar surface area (TPSA) is 50.2 Å². The molecule has 0 aliphatic heterocycles. The molecule has 0 aliphatic rings. The van der Waals surface area contributed by atoms with E-state index in [9.17, 15) is 18.0 Å². The molecule has 0 atom stereocenters. The molecule has 0 unspecified atom stereocenters. The highest BCUT2D eigenvalue weighted by atomic mass is 32.1. The summed E-state index contributed by atoms with van der Waals surface area (Å²) in [4.78, 5) is 15.5. The average Bonchev–Trinajstić information content (AvgIpc) is 2.82. The fourth-order valence-electron chi connectivity index (χ4n) is 1.67. The lowest BCUT2D eigenvalue weighted by Crippen LogP contribution is -2.04. The number of nitrogens with zero attached hydrogens (tertiary/aromatic N) is 1. The van der Waals surface area contributed by atoms with E-state index in [1.807, 2.05) is 6.92 Å². The third-order valence-electron chi connectivity index (χ3n) is 2.65. The Hall–Kier alpha value is -1.89. The van der Waals surface area contributed by atoms with E-state index < -0.39 is 17.7 Å². The summed E-state index contributed by atoms with van der Waals surface area (Å²) in [7, 11) is 0. The van der Waals surface area contributed by atoms with Gasteiger partial charge in [0, 0.05) is 0 Å². The minimum atomic E-state index is -4.41. The van der Waals surface area contributed by atoms with Crippen LogP contribution in [0.1, 0.15) is 28.0 Å². The lowest BCUT2D eigenvalue weighted by Gasteiger charge is -2.07. The van der Waals surface area contributed by atoms with E-state index in [0.717, 1.165) is 12.1 Å². The van der Waals surface area contributed by atoms with Crippen LogP contribution >= 0.6 is 11.3 Å². The first-order valence-electron chi connectivity index (χ1n) is 5.73. The Balaban J connectivity index is 2.46. The van der Waals surface area contributed by atoms with Crippen LogP contribution in [0.25, 0.3) is 10.4 Å². The predicted molar refractivity (Wildman–Crippen MR) is 68.9 cm³/mol. The zero-order valence-corrected chi connectivity index (χ0v) is 11.2. The van der Waals surface area contributed by atoms with Crippen LogP contribution in [0.4, 0.5) is 13.2 Å². The van der Waals surface area contributed by atoms with Crippen LogP contribution in [0.2, 0.25) is 0 Å². The van der Waals surface area contributed by atoms with Crippen LogP contribution in [-0.2, 0) is 12.6 Å². The average molecular weight is 301 g/mol. The van der Waals surface area contributed by atoms with Gasteiger partial charge in [0.2, 0.25) is 0 Å². The first kappa shape index (κ1) is 14.5. The van der Waals surface area contributed by atoms with Crippen LogP contribution in [0.15, 0.2) is 24.3 Å².